The lowest BCUT2D eigenvalue weighted by Crippen LogP contribution is -2.27. The smallest absolute Gasteiger partial charge is 0.277 e. The van der Waals surface area contributed by atoms with Crippen molar-refractivity contribution in [1.29, 1.82) is 0 Å². The van der Waals surface area contributed by atoms with Gasteiger partial charge in [0.1, 0.15) is 11.4 Å². The Morgan fingerprint density at radius 2 is 1.55 bits per heavy atom. The number of anilines is 1. The summed E-state index contributed by atoms with van der Waals surface area (Å²) >= 11 is 0. The molecule has 0 fully saturated rings. The standard InChI is InChI=1S/C22H24N2O5/c1-13(2)29-16-9-7-15(8-10-16)23-20-19(21(25)24(3)22(20)26)14-6-11-17(27-4)18(12-14)28-5/h6-13,23H,1-5H3. The Bertz CT molecular complexity index is 964. The zero-order valence-electron chi connectivity index (χ0n) is 17.1. The summed E-state index contributed by atoms with van der Waals surface area (Å²) in [5, 5.41) is 3.09. The molecule has 3 rings (SSSR count). The number of nitrogens with one attached hydrogen (secondary N) is 1. The van der Waals surface area contributed by atoms with E-state index >= 15 is 0 Å². The van der Waals surface area contributed by atoms with Gasteiger partial charge in [-0.1, -0.05) is 6.07 Å². The number of rotatable bonds is 7. The molecule has 0 saturated heterocycles. The lowest BCUT2D eigenvalue weighted by atomic mass is 10.0. The highest BCUT2D eigenvalue weighted by Gasteiger charge is 2.37. The van der Waals surface area contributed by atoms with Crippen molar-refractivity contribution in [3.8, 4) is 17.2 Å². The molecule has 29 heavy (non-hydrogen) atoms. The molecule has 1 aliphatic heterocycles. The molecule has 2 aromatic carbocycles. The van der Waals surface area contributed by atoms with Gasteiger partial charge in [-0.25, -0.2) is 0 Å². The molecule has 0 unspecified atom stereocenters. The highest BCUT2D eigenvalue weighted by Crippen LogP contribution is 2.35. The first kappa shape index (κ1) is 20.3. The number of imide groups is 1. The van der Waals surface area contributed by atoms with E-state index in [9.17, 15) is 9.59 Å². The largest absolute Gasteiger partial charge is 0.493 e. The molecule has 2 amide bonds. The zero-order chi connectivity index (χ0) is 21.1. The van der Waals surface area contributed by atoms with Crippen LogP contribution in [0.2, 0.25) is 0 Å². The van der Waals surface area contributed by atoms with Crippen LogP contribution in [-0.4, -0.2) is 44.1 Å². The predicted octanol–water partition coefficient (Wildman–Crippen LogP) is 3.31. The molecular formula is C22H24N2O5. The summed E-state index contributed by atoms with van der Waals surface area (Å²) in [6.45, 7) is 3.90. The Kier molecular flexibility index (Phi) is 5.77. The topological polar surface area (TPSA) is 77.1 Å². The van der Waals surface area contributed by atoms with Crippen LogP contribution < -0.4 is 19.5 Å². The van der Waals surface area contributed by atoms with E-state index in [2.05, 4.69) is 5.32 Å². The minimum atomic E-state index is -0.401. The molecule has 0 aliphatic carbocycles. The minimum Gasteiger partial charge on any atom is -0.493 e. The van der Waals surface area contributed by atoms with E-state index in [1.807, 2.05) is 26.0 Å². The summed E-state index contributed by atoms with van der Waals surface area (Å²) in [6, 6.07) is 12.3. The van der Waals surface area contributed by atoms with Crippen molar-refractivity contribution < 1.29 is 23.8 Å². The third-order valence-electron chi connectivity index (χ3n) is 4.45. The first-order valence-electron chi connectivity index (χ1n) is 9.18. The van der Waals surface area contributed by atoms with Gasteiger partial charge in [-0.3, -0.25) is 14.5 Å². The van der Waals surface area contributed by atoms with Gasteiger partial charge in [0.05, 0.1) is 25.9 Å². The Balaban J connectivity index is 1.99. The second kappa shape index (κ2) is 8.26. The van der Waals surface area contributed by atoms with E-state index in [1.165, 1.54) is 21.3 Å². The normalized spacial score (nSPS) is 13.9. The Morgan fingerprint density at radius 1 is 0.897 bits per heavy atom. The summed E-state index contributed by atoms with van der Waals surface area (Å²) in [5.74, 6) is 0.955. The van der Waals surface area contributed by atoms with E-state index in [4.69, 9.17) is 14.2 Å². The van der Waals surface area contributed by atoms with Crippen molar-refractivity contribution in [1.82, 2.24) is 4.90 Å². The summed E-state index contributed by atoms with van der Waals surface area (Å²) in [4.78, 5) is 26.5. The molecule has 1 N–H and O–H groups in total. The third kappa shape index (κ3) is 4.03. The van der Waals surface area contributed by atoms with E-state index in [1.54, 1.807) is 30.3 Å². The summed E-state index contributed by atoms with van der Waals surface area (Å²) in [5.41, 5.74) is 1.72. The number of carbonyl (C=O) groups excluding carboxylic acids is 2. The molecular weight excluding hydrogens is 372 g/mol. The van der Waals surface area contributed by atoms with Crippen LogP contribution in [0.5, 0.6) is 17.2 Å². The van der Waals surface area contributed by atoms with Crippen molar-refractivity contribution >= 4 is 23.1 Å². The number of methoxy groups -OCH3 is 2. The monoisotopic (exact) mass is 396 g/mol. The fourth-order valence-corrected chi connectivity index (χ4v) is 3.05. The first-order chi connectivity index (χ1) is 13.8. The third-order valence-corrected chi connectivity index (χ3v) is 4.45. The maximum absolute atomic E-state index is 12.8. The second-order valence-corrected chi connectivity index (χ2v) is 6.81. The SMILES string of the molecule is COc1ccc(C2=C(Nc3ccc(OC(C)C)cc3)C(=O)N(C)C2=O)cc1OC. The van der Waals surface area contributed by atoms with Gasteiger partial charge in [0, 0.05) is 12.7 Å². The quantitative estimate of drug-likeness (QED) is 0.724. The van der Waals surface area contributed by atoms with Gasteiger partial charge in [0.15, 0.2) is 11.5 Å². The van der Waals surface area contributed by atoms with Crippen molar-refractivity contribution in [2.45, 2.75) is 20.0 Å². The molecule has 1 heterocycles. The van der Waals surface area contributed by atoms with Gasteiger partial charge in [-0.15, -0.1) is 0 Å². The minimum absolute atomic E-state index is 0.0656. The van der Waals surface area contributed by atoms with Crippen LogP contribution >= 0.6 is 0 Å². The van der Waals surface area contributed by atoms with Crippen molar-refractivity contribution in [2.24, 2.45) is 0 Å². The fourth-order valence-electron chi connectivity index (χ4n) is 3.05. The van der Waals surface area contributed by atoms with E-state index in [-0.39, 0.29) is 23.3 Å². The lowest BCUT2D eigenvalue weighted by Gasteiger charge is -2.12. The van der Waals surface area contributed by atoms with Crippen LogP contribution in [0.25, 0.3) is 5.57 Å². The number of amides is 2. The van der Waals surface area contributed by atoms with E-state index in [0.717, 1.165) is 10.6 Å². The number of carbonyl (C=O) groups is 2. The van der Waals surface area contributed by atoms with E-state index in [0.29, 0.717) is 22.7 Å². The number of ether oxygens (including phenoxy) is 3. The maximum atomic E-state index is 12.8. The molecule has 2 aromatic rings. The van der Waals surface area contributed by atoms with Crippen molar-refractivity contribution in [3.63, 3.8) is 0 Å². The molecule has 0 bridgehead atoms. The molecule has 0 aromatic heterocycles. The maximum Gasteiger partial charge on any atom is 0.277 e. The van der Waals surface area contributed by atoms with E-state index < -0.39 is 5.91 Å². The Hall–Kier alpha value is -3.48. The molecule has 7 nitrogen and oxygen atoms in total. The van der Waals surface area contributed by atoms with Gasteiger partial charge in [0.25, 0.3) is 11.8 Å². The van der Waals surface area contributed by atoms with Crippen LogP contribution in [0.3, 0.4) is 0 Å². The molecule has 7 heteroatoms. The summed E-state index contributed by atoms with van der Waals surface area (Å²) < 4.78 is 16.2. The average Bonchev–Trinajstić information content (AvgIpc) is 2.92. The molecule has 152 valence electrons. The van der Waals surface area contributed by atoms with Gasteiger partial charge in [-0.05, 0) is 55.8 Å². The molecule has 0 spiro atoms. The number of benzene rings is 2. The zero-order valence-corrected chi connectivity index (χ0v) is 17.1. The molecule has 1 aliphatic rings. The number of hydrogen-bond donors (Lipinski definition) is 1. The van der Waals surface area contributed by atoms with Crippen LogP contribution in [0.4, 0.5) is 5.69 Å². The molecule has 0 saturated carbocycles. The summed E-state index contributed by atoms with van der Waals surface area (Å²) in [6.07, 6.45) is 0.0656. The fraction of sp³-hybridized carbons (Fsp3) is 0.273. The first-order valence-corrected chi connectivity index (χ1v) is 9.18. The highest BCUT2D eigenvalue weighted by molar-refractivity contribution is 6.36. The number of likely N-dealkylation sites (N-methyl/N-ethyl adjacent to an activating group) is 1. The number of nitrogens with zero attached hydrogens (tertiary/aromatic N) is 1. The van der Waals surface area contributed by atoms with Crippen LogP contribution in [0, 0.1) is 0 Å². The van der Waals surface area contributed by atoms with Crippen LogP contribution in [-0.2, 0) is 9.59 Å². The van der Waals surface area contributed by atoms with Crippen LogP contribution in [0.1, 0.15) is 19.4 Å². The number of hydrogen-bond acceptors (Lipinski definition) is 6. The van der Waals surface area contributed by atoms with Gasteiger partial charge in [0.2, 0.25) is 0 Å². The highest BCUT2D eigenvalue weighted by atomic mass is 16.5. The van der Waals surface area contributed by atoms with Crippen LogP contribution in [0.15, 0.2) is 48.2 Å². The molecule has 0 atom stereocenters. The van der Waals surface area contributed by atoms with Gasteiger partial charge >= 0.3 is 0 Å². The Morgan fingerprint density at radius 3 is 2.14 bits per heavy atom. The summed E-state index contributed by atoms with van der Waals surface area (Å²) in [7, 11) is 4.51. The molecule has 0 radical (unpaired) electrons. The lowest BCUT2D eigenvalue weighted by molar-refractivity contribution is -0.135. The Labute approximate surface area is 169 Å². The van der Waals surface area contributed by atoms with Gasteiger partial charge < -0.3 is 19.5 Å². The van der Waals surface area contributed by atoms with Crippen molar-refractivity contribution in [3.05, 3.63) is 53.7 Å². The second-order valence-electron chi connectivity index (χ2n) is 6.81. The average molecular weight is 396 g/mol. The van der Waals surface area contributed by atoms with Crippen molar-refractivity contribution in [2.75, 3.05) is 26.6 Å². The van der Waals surface area contributed by atoms with Gasteiger partial charge in [-0.2, -0.15) is 0 Å². The predicted molar refractivity (Wildman–Crippen MR) is 110 cm³/mol.